The van der Waals surface area contributed by atoms with Crippen LogP contribution in [0.3, 0.4) is 0 Å². The lowest BCUT2D eigenvalue weighted by Gasteiger charge is -2.35. The van der Waals surface area contributed by atoms with Crippen LogP contribution in [0, 0.1) is 5.92 Å². The van der Waals surface area contributed by atoms with E-state index in [0.29, 0.717) is 18.5 Å². The molecule has 2 N–H and O–H groups in total. The van der Waals surface area contributed by atoms with Gasteiger partial charge in [0, 0.05) is 51.2 Å². The summed E-state index contributed by atoms with van der Waals surface area (Å²) in [5.41, 5.74) is 2.47. The van der Waals surface area contributed by atoms with Crippen LogP contribution in [0.4, 0.5) is 0 Å². The van der Waals surface area contributed by atoms with Crippen LogP contribution in [0.1, 0.15) is 38.3 Å². The molecule has 0 amide bonds. The van der Waals surface area contributed by atoms with Crippen molar-refractivity contribution in [2.24, 2.45) is 10.9 Å². The monoisotopic (exact) mass is 554 g/mol. The number of hydrogen-bond donors (Lipinski definition) is 2. The van der Waals surface area contributed by atoms with Crippen molar-refractivity contribution in [1.29, 1.82) is 0 Å². The summed E-state index contributed by atoms with van der Waals surface area (Å²) in [6.45, 7) is 13.6. The molecule has 1 unspecified atom stereocenters. The average molecular weight is 555 g/mol. The minimum Gasteiger partial charge on any atom is -0.379 e. The lowest BCUT2D eigenvalue weighted by molar-refractivity contribution is 0.0132. The molecule has 8 heteroatoms. The molecular formula is C24H39IN6O. The molecule has 178 valence electrons. The third-order valence-corrected chi connectivity index (χ3v) is 5.49. The van der Waals surface area contributed by atoms with Gasteiger partial charge in [0.2, 0.25) is 0 Å². The Morgan fingerprint density at radius 1 is 1.19 bits per heavy atom. The van der Waals surface area contributed by atoms with E-state index in [4.69, 9.17) is 9.73 Å². The summed E-state index contributed by atoms with van der Waals surface area (Å²) in [4.78, 5) is 11.5. The number of morpholine rings is 1. The summed E-state index contributed by atoms with van der Waals surface area (Å²) in [6.07, 6.45) is 6.81. The van der Waals surface area contributed by atoms with E-state index in [1.807, 2.05) is 18.7 Å². The smallest absolute Gasteiger partial charge is 0.191 e. The number of rotatable bonds is 10. The Kier molecular flexibility index (Phi) is 12.0. The maximum absolute atomic E-state index is 5.55. The highest BCUT2D eigenvalue weighted by Crippen LogP contribution is 2.13. The number of aliphatic imine (C=N–C) groups is 1. The second-order valence-electron chi connectivity index (χ2n) is 8.56. The normalized spacial score (nSPS) is 15.9. The molecule has 0 spiro atoms. The number of hydrogen-bond acceptors (Lipinski definition) is 4. The Morgan fingerprint density at radius 3 is 2.66 bits per heavy atom. The van der Waals surface area contributed by atoms with E-state index in [0.717, 1.165) is 51.9 Å². The van der Waals surface area contributed by atoms with Gasteiger partial charge in [-0.2, -0.15) is 0 Å². The van der Waals surface area contributed by atoms with Gasteiger partial charge in [-0.3, -0.25) is 4.90 Å². The Hall–Kier alpha value is -1.65. The standard InChI is InChI=1S/C24H38N6O.HI/c1-4-26-24(28-17-23(14-20(2)3)30-10-12-31-13-11-30)27-16-21-6-5-7-22(15-21)18-29-9-8-25-19-29;/h5-9,15,19-20,23H,4,10-14,16-18H2,1-3H3,(H2,26,27,28);1H. The van der Waals surface area contributed by atoms with Crippen LogP contribution in [0.2, 0.25) is 0 Å². The first-order chi connectivity index (χ1) is 15.1. The molecule has 7 nitrogen and oxygen atoms in total. The summed E-state index contributed by atoms with van der Waals surface area (Å²) in [5, 5.41) is 6.99. The predicted octanol–water partition coefficient (Wildman–Crippen LogP) is 3.35. The Morgan fingerprint density at radius 2 is 1.97 bits per heavy atom. The lowest BCUT2D eigenvalue weighted by Crippen LogP contribution is -2.51. The predicted molar refractivity (Wildman–Crippen MR) is 142 cm³/mol. The van der Waals surface area contributed by atoms with Gasteiger partial charge in [0.1, 0.15) is 0 Å². The summed E-state index contributed by atoms with van der Waals surface area (Å²) in [7, 11) is 0. The topological polar surface area (TPSA) is 66.7 Å². The quantitative estimate of drug-likeness (QED) is 0.268. The molecule has 1 atom stereocenters. The summed E-state index contributed by atoms with van der Waals surface area (Å²) in [5.74, 6) is 1.54. The molecule has 0 radical (unpaired) electrons. The van der Waals surface area contributed by atoms with Gasteiger partial charge in [-0.05, 0) is 30.4 Å². The van der Waals surface area contributed by atoms with Crippen LogP contribution in [0.25, 0.3) is 0 Å². The second-order valence-corrected chi connectivity index (χ2v) is 8.56. The third-order valence-electron chi connectivity index (χ3n) is 5.49. The third kappa shape index (κ3) is 9.07. The van der Waals surface area contributed by atoms with Crippen LogP contribution in [0.5, 0.6) is 0 Å². The summed E-state index contributed by atoms with van der Waals surface area (Å²) in [6, 6.07) is 9.11. The van der Waals surface area contributed by atoms with Crippen molar-refractivity contribution in [3.8, 4) is 0 Å². The molecule has 1 aliphatic heterocycles. The maximum Gasteiger partial charge on any atom is 0.191 e. The molecule has 0 saturated carbocycles. The number of benzene rings is 1. The van der Waals surface area contributed by atoms with Crippen LogP contribution in [-0.4, -0.2) is 65.8 Å². The molecule has 0 aliphatic carbocycles. The number of imidazole rings is 1. The largest absolute Gasteiger partial charge is 0.379 e. The molecule has 1 aromatic carbocycles. The zero-order valence-corrected chi connectivity index (χ0v) is 22.0. The molecule has 1 fully saturated rings. The molecule has 0 bridgehead atoms. The fourth-order valence-electron chi connectivity index (χ4n) is 3.99. The van der Waals surface area contributed by atoms with Crippen molar-refractivity contribution < 1.29 is 4.74 Å². The van der Waals surface area contributed by atoms with Crippen LogP contribution >= 0.6 is 24.0 Å². The van der Waals surface area contributed by atoms with E-state index in [1.165, 1.54) is 17.5 Å². The van der Waals surface area contributed by atoms with Crippen molar-refractivity contribution in [3.05, 3.63) is 54.1 Å². The van der Waals surface area contributed by atoms with Crippen LogP contribution in [-0.2, 0) is 17.8 Å². The number of nitrogens with zero attached hydrogens (tertiary/aromatic N) is 4. The van der Waals surface area contributed by atoms with Gasteiger partial charge in [-0.15, -0.1) is 24.0 Å². The minimum absolute atomic E-state index is 0. The second kappa shape index (κ2) is 14.5. The van der Waals surface area contributed by atoms with E-state index in [2.05, 4.69) is 70.1 Å². The average Bonchev–Trinajstić information content (AvgIpc) is 3.28. The first-order valence-corrected chi connectivity index (χ1v) is 11.5. The molecule has 2 heterocycles. The number of ether oxygens (including phenoxy) is 1. The minimum atomic E-state index is 0. The molecule has 2 aromatic rings. The Labute approximate surface area is 210 Å². The van der Waals surface area contributed by atoms with E-state index >= 15 is 0 Å². The van der Waals surface area contributed by atoms with Crippen molar-refractivity contribution in [3.63, 3.8) is 0 Å². The molecule has 1 aromatic heterocycles. The molecular weight excluding hydrogens is 515 g/mol. The van der Waals surface area contributed by atoms with E-state index in [-0.39, 0.29) is 24.0 Å². The number of nitrogens with one attached hydrogen (secondary N) is 2. The number of guanidine groups is 1. The van der Waals surface area contributed by atoms with Gasteiger partial charge < -0.3 is 19.9 Å². The fourth-order valence-corrected chi connectivity index (χ4v) is 3.99. The molecule has 32 heavy (non-hydrogen) atoms. The summed E-state index contributed by atoms with van der Waals surface area (Å²) >= 11 is 0. The molecule has 3 rings (SSSR count). The number of halogens is 1. The highest BCUT2D eigenvalue weighted by molar-refractivity contribution is 14.0. The van der Waals surface area contributed by atoms with Crippen LogP contribution in [0.15, 0.2) is 48.0 Å². The van der Waals surface area contributed by atoms with Crippen LogP contribution < -0.4 is 10.6 Å². The van der Waals surface area contributed by atoms with Crippen molar-refractivity contribution in [2.45, 2.75) is 46.3 Å². The highest BCUT2D eigenvalue weighted by Gasteiger charge is 2.22. The van der Waals surface area contributed by atoms with Crippen molar-refractivity contribution >= 4 is 29.9 Å². The Bertz CT molecular complexity index is 790. The SMILES string of the molecule is CCNC(=NCc1cccc(Cn2ccnc2)c1)NCC(CC(C)C)N1CCOCC1.I. The zero-order chi connectivity index (χ0) is 21.9. The van der Waals surface area contributed by atoms with Crippen molar-refractivity contribution in [1.82, 2.24) is 25.1 Å². The van der Waals surface area contributed by atoms with Gasteiger partial charge in [-0.1, -0.05) is 38.1 Å². The van der Waals surface area contributed by atoms with E-state index in [1.54, 1.807) is 0 Å². The maximum atomic E-state index is 5.55. The van der Waals surface area contributed by atoms with Gasteiger partial charge in [0.25, 0.3) is 0 Å². The number of aromatic nitrogens is 2. The molecule has 1 saturated heterocycles. The van der Waals surface area contributed by atoms with E-state index < -0.39 is 0 Å². The fraction of sp³-hybridized carbons (Fsp3) is 0.583. The van der Waals surface area contributed by atoms with Gasteiger partial charge >= 0.3 is 0 Å². The first kappa shape index (κ1) is 26.6. The van der Waals surface area contributed by atoms with Gasteiger partial charge in [0.05, 0.1) is 26.1 Å². The zero-order valence-electron chi connectivity index (χ0n) is 19.7. The highest BCUT2D eigenvalue weighted by atomic mass is 127. The van der Waals surface area contributed by atoms with Gasteiger partial charge in [-0.25, -0.2) is 9.98 Å². The Balaban J connectivity index is 0.00000363. The summed E-state index contributed by atoms with van der Waals surface area (Å²) < 4.78 is 7.62. The lowest BCUT2D eigenvalue weighted by atomic mass is 10.0. The van der Waals surface area contributed by atoms with Gasteiger partial charge in [0.15, 0.2) is 5.96 Å². The first-order valence-electron chi connectivity index (χ1n) is 11.5. The van der Waals surface area contributed by atoms with Crippen molar-refractivity contribution in [2.75, 3.05) is 39.4 Å². The molecule has 1 aliphatic rings. The van der Waals surface area contributed by atoms with E-state index in [9.17, 15) is 0 Å².